The summed E-state index contributed by atoms with van der Waals surface area (Å²) in [6, 6.07) is 6.32. The third-order valence-electron chi connectivity index (χ3n) is 4.80. The molecule has 1 saturated heterocycles. The van der Waals surface area contributed by atoms with Crippen molar-refractivity contribution in [2.24, 2.45) is 5.92 Å². The van der Waals surface area contributed by atoms with E-state index in [2.05, 4.69) is 16.8 Å². The third-order valence-corrected chi connectivity index (χ3v) is 4.80. The van der Waals surface area contributed by atoms with Gasteiger partial charge in [0.05, 0.1) is 17.6 Å². The molecule has 1 fully saturated rings. The zero-order chi connectivity index (χ0) is 17.8. The molecule has 0 amide bonds. The standard InChI is InChI=1S/C18H24N4O3/c1-14-6-9-20(10-7-14)12-17(23)13-21-11-8-19-18(21)15-2-4-16(5-3-15)22(24)25/h2-5,8,11,14,17,23H,6-7,9-10,12-13H2,1H3/t17-/m0/s1. The summed E-state index contributed by atoms with van der Waals surface area (Å²) in [6.45, 7) is 5.47. The summed E-state index contributed by atoms with van der Waals surface area (Å²) in [5.41, 5.74) is 0.857. The molecule has 2 aromatic rings. The van der Waals surface area contributed by atoms with Crippen LogP contribution in [0.15, 0.2) is 36.7 Å². The summed E-state index contributed by atoms with van der Waals surface area (Å²) in [6.07, 6.45) is 5.42. The van der Waals surface area contributed by atoms with Crippen LogP contribution in [0.3, 0.4) is 0 Å². The van der Waals surface area contributed by atoms with Gasteiger partial charge < -0.3 is 14.6 Å². The fourth-order valence-corrected chi connectivity index (χ4v) is 3.28. The second kappa shape index (κ2) is 7.76. The van der Waals surface area contributed by atoms with Gasteiger partial charge in [-0.05, 0) is 44.0 Å². The molecule has 7 heteroatoms. The molecule has 0 unspecified atom stereocenters. The summed E-state index contributed by atoms with van der Waals surface area (Å²) in [4.78, 5) is 17.0. The van der Waals surface area contributed by atoms with E-state index in [-0.39, 0.29) is 5.69 Å². The molecule has 0 spiro atoms. The van der Waals surface area contributed by atoms with Crippen LogP contribution < -0.4 is 0 Å². The first-order chi connectivity index (χ1) is 12.0. The Hall–Kier alpha value is -2.25. The van der Waals surface area contributed by atoms with E-state index in [1.807, 2.05) is 10.8 Å². The van der Waals surface area contributed by atoms with E-state index in [1.54, 1.807) is 18.3 Å². The molecule has 1 aliphatic rings. The number of aromatic nitrogens is 2. The predicted molar refractivity (Wildman–Crippen MR) is 95.2 cm³/mol. The van der Waals surface area contributed by atoms with Gasteiger partial charge in [-0.1, -0.05) is 6.92 Å². The number of hydrogen-bond donors (Lipinski definition) is 1. The van der Waals surface area contributed by atoms with Gasteiger partial charge >= 0.3 is 0 Å². The number of β-amino-alcohol motifs (C(OH)–C–C–N with tert-alkyl or cyclic N) is 1. The third kappa shape index (κ3) is 4.43. The first-order valence-electron chi connectivity index (χ1n) is 8.69. The highest BCUT2D eigenvalue weighted by atomic mass is 16.6. The number of aliphatic hydroxyl groups excluding tert-OH is 1. The van der Waals surface area contributed by atoms with Crippen molar-refractivity contribution in [3.63, 3.8) is 0 Å². The first-order valence-corrected chi connectivity index (χ1v) is 8.69. The number of rotatable bonds is 6. The van der Waals surface area contributed by atoms with Gasteiger partial charge in [0, 0.05) is 36.6 Å². The Kier molecular flexibility index (Phi) is 5.45. The minimum Gasteiger partial charge on any atom is -0.390 e. The van der Waals surface area contributed by atoms with E-state index in [1.165, 1.54) is 25.0 Å². The minimum atomic E-state index is -0.473. The number of nitrogens with zero attached hydrogens (tertiary/aromatic N) is 4. The van der Waals surface area contributed by atoms with Crippen molar-refractivity contribution >= 4 is 5.69 Å². The normalized spacial score (nSPS) is 17.5. The lowest BCUT2D eigenvalue weighted by Crippen LogP contribution is -2.39. The number of benzene rings is 1. The second-order valence-corrected chi connectivity index (χ2v) is 6.84. The van der Waals surface area contributed by atoms with E-state index in [9.17, 15) is 15.2 Å². The SMILES string of the molecule is CC1CCN(C[C@H](O)Cn2ccnc2-c2ccc([N+](=O)[O-])cc2)CC1. The van der Waals surface area contributed by atoms with E-state index in [0.29, 0.717) is 18.9 Å². The highest BCUT2D eigenvalue weighted by molar-refractivity contribution is 5.57. The molecule has 1 aromatic heterocycles. The van der Waals surface area contributed by atoms with Gasteiger partial charge in [-0.25, -0.2) is 4.98 Å². The average molecular weight is 344 g/mol. The zero-order valence-corrected chi connectivity index (χ0v) is 14.4. The molecule has 2 heterocycles. The highest BCUT2D eigenvalue weighted by Crippen LogP contribution is 2.22. The molecule has 1 N–H and O–H groups in total. The van der Waals surface area contributed by atoms with Gasteiger partial charge in [0.25, 0.3) is 5.69 Å². The molecule has 1 aliphatic heterocycles. The molecule has 3 rings (SSSR count). The summed E-state index contributed by atoms with van der Waals surface area (Å²) in [5.74, 6) is 1.48. The van der Waals surface area contributed by atoms with Crippen LogP contribution >= 0.6 is 0 Å². The molecule has 134 valence electrons. The van der Waals surface area contributed by atoms with Gasteiger partial charge in [0.15, 0.2) is 0 Å². The number of non-ortho nitro benzene ring substituents is 1. The number of nitro benzene ring substituents is 1. The van der Waals surface area contributed by atoms with Crippen LogP contribution in [0.5, 0.6) is 0 Å². The molecule has 7 nitrogen and oxygen atoms in total. The number of imidazole rings is 1. The van der Waals surface area contributed by atoms with Crippen molar-refractivity contribution in [1.29, 1.82) is 0 Å². The maximum atomic E-state index is 10.8. The monoisotopic (exact) mass is 344 g/mol. The fraction of sp³-hybridized carbons (Fsp3) is 0.500. The van der Waals surface area contributed by atoms with Crippen molar-refractivity contribution in [2.45, 2.75) is 32.4 Å². The van der Waals surface area contributed by atoms with Crippen molar-refractivity contribution in [3.8, 4) is 11.4 Å². The van der Waals surface area contributed by atoms with Gasteiger partial charge in [-0.3, -0.25) is 10.1 Å². The Bertz CT molecular complexity index is 705. The first kappa shape index (κ1) is 17.6. The molecule has 0 bridgehead atoms. The summed E-state index contributed by atoms with van der Waals surface area (Å²) in [5, 5.41) is 21.2. The van der Waals surface area contributed by atoms with Crippen LogP contribution in [-0.2, 0) is 6.54 Å². The molecular formula is C18H24N4O3. The molecule has 0 radical (unpaired) electrons. The van der Waals surface area contributed by atoms with Crippen LogP contribution in [0.25, 0.3) is 11.4 Å². The Morgan fingerprint density at radius 1 is 1.28 bits per heavy atom. The number of nitro groups is 1. The molecule has 0 aliphatic carbocycles. The zero-order valence-electron chi connectivity index (χ0n) is 14.4. The van der Waals surface area contributed by atoms with Gasteiger partial charge in [-0.2, -0.15) is 0 Å². The van der Waals surface area contributed by atoms with Crippen LogP contribution in [0, 0.1) is 16.0 Å². The number of piperidine rings is 1. The molecule has 0 saturated carbocycles. The smallest absolute Gasteiger partial charge is 0.269 e. The van der Waals surface area contributed by atoms with Crippen molar-refractivity contribution in [1.82, 2.24) is 14.5 Å². The second-order valence-electron chi connectivity index (χ2n) is 6.84. The highest BCUT2D eigenvalue weighted by Gasteiger charge is 2.19. The van der Waals surface area contributed by atoms with E-state index >= 15 is 0 Å². The minimum absolute atomic E-state index is 0.0567. The van der Waals surface area contributed by atoms with Gasteiger partial charge in [-0.15, -0.1) is 0 Å². The quantitative estimate of drug-likeness (QED) is 0.643. The Morgan fingerprint density at radius 3 is 2.60 bits per heavy atom. The maximum Gasteiger partial charge on any atom is 0.269 e. The van der Waals surface area contributed by atoms with Gasteiger partial charge in [0.1, 0.15) is 5.82 Å². The van der Waals surface area contributed by atoms with E-state index < -0.39 is 11.0 Å². The molecule has 25 heavy (non-hydrogen) atoms. The summed E-state index contributed by atoms with van der Waals surface area (Å²) in [7, 11) is 0. The van der Waals surface area contributed by atoms with E-state index in [0.717, 1.165) is 24.6 Å². The Morgan fingerprint density at radius 2 is 1.96 bits per heavy atom. The lowest BCUT2D eigenvalue weighted by atomic mass is 9.99. The lowest BCUT2D eigenvalue weighted by molar-refractivity contribution is -0.384. The maximum absolute atomic E-state index is 10.8. The number of aliphatic hydroxyl groups is 1. The van der Waals surface area contributed by atoms with Crippen LogP contribution in [0.2, 0.25) is 0 Å². The Labute approximate surface area is 147 Å². The topological polar surface area (TPSA) is 84.4 Å². The molecule has 1 atom stereocenters. The van der Waals surface area contributed by atoms with Gasteiger partial charge in [0.2, 0.25) is 0 Å². The largest absolute Gasteiger partial charge is 0.390 e. The number of likely N-dealkylation sites (tertiary alicyclic amines) is 1. The number of hydrogen-bond acceptors (Lipinski definition) is 5. The predicted octanol–water partition coefficient (Wildman–Crippen LogP) is 2.55. The molecular weight excluding hydrogens is 320 g/mol. The Balaban J connectivity index is 1.64. The van der Waals surface area contributed by atoms with Crippen molar-refractivity contribution < 1.29 is 10.0 Å². The van der Waals surface area contributed by atoms with Crippen LogP contribution in [0.4, 0.5) is 5.69 Å². The summed E-state index contributed by atoms with van der Waals surface area (Å²) < 4.78 is 1.90. The van der Waals surface area contributed by atoms with Crippen LogP contribution in [-0.4, -0.2) is 50.2 Å². The van der Waals surface area contributed by atoms with Crippen molar-refractivity contribution in [2.75, 3.05) is 19.6 Å². The summed E-state index contributed by atoms with van der Waals surface area (Å²) >= 11 is 0. The molecule has 1 aromatic carbocycles. The van der Waals surface area contributed by atoms with Crippen molar-refractivity contribution in [3.05, 3.63) is 46.8 Å². The van der Waals surface area contributed by atoms with E-state index in [4.69, 9.17) is 0 Å². The fourth-order valence-electron chi connectivity index (χ4n) is 3.28. The van der Waals surface area contributed by atoms with Crippen LogP contribution in [0.1, 0.15) is 19.8 Å². The average Bonchev–Trinajstić information content (AvgIpc) is 3.05. The lowest BCUT2D eigenvalue weighted by Gasteiger charge is -2.31.